The van der Waals surface area contributed by atoms with Crippen molar-refractivity contribution >= 4 is 0 Å². The molecule has 0 atom stereocenters. The number of benzene rings is 1. The van der Waals surface area contributed by atoms with Crippen molar-refractivity contribution in [3.05, 3.63) is 48.0 Å². The van der Waals surface area contributed by atoms with Crippen molar-refractivity contribution in [3.8, 4) is 0 Å². The van der Waals surface area contributed by atoms with Gasteiger partial charge in [0.15, 0.2) is 0 Å². The molecule has 0 aromatic heterocycles. The second kappa shape index (κ2) is 3.64. The maximum Gasteiger partial charge on any atom is 0.412 e. The van der Waals surface area contributed by atoms with Crippen LogP contribution in [0.1, 0.15) is 5.56 Å². The molecule has 0 N–H and O–H groups in total. The number of hydrogen-bond acceptors (Lipinski definition) is 0. The maximum atomic E-state index is 12.0. The first kappa shape index (κ1) is 9.84. The molecule has 0 spiro atoms. The van der Waals surface area contributed by atoms with Gasteiger partial charge in [-0.1, -0.05) is 36.9 Å². The number of allylic oxidation sites excluding steroid dienone is 1. The van der Waals surface area contributed by atoms with E-state index in [1.165, 1.54) is 0 Å². The highest BCUT2D eigenvalue weighted by atomic mass is 19.4. The van der Waals surface area contributed by atoms with E-state index in [0.717, 1.165) is 0 Å². The molecule has 0 fully saturated rings. The van der Waals surface area contributed by atoms with Crippen molar-refractivity contribution in [3.63, 3.8) is 0 Å². The van der Waals surface area contributed by atoms with Gasteiger partial charge in [-0.05, 0) is 5.56 Å². The fourth-order valence-corrected chi connectivity index (χ4v) is 0.942. The third-order valence-electron chi connectivity index (χ3n) is 1.66. The standard InChI is InChI=1S/C10H9F3/c1-8(10(11,12)13)7-9-5-3-2-4-6-9/h2-6H,1,7H2. The van der Waals surface area contributed by atoms with E-state index in [0.29, 0.717) is 5.56 Å². The Balaban J connectivity index is 2.66. The molecule has 0 aliphatic carbocycles. The summed E-state index contributed by atoms with van der Waals surface area (Å²) in [5.74, 6) is 0. The largest absolute Gasteiger partial charge is 0.412 e. The molecule has 0 saturated heterocycles. The van der Waals surface area contributed by atoms with Crippen LogP contribution in [0.5, 0.6) is 0 Å². The third kappa shape index (κ3) is 2.93. The highest BCUT2D eigenvalue weighted by Crippen LogP contribution is 2.26. The van der Waals surface area contributed by atoms with Gasteiger partial charge in [-0.3, -0.25) is 0 Å². The number of alkyl halides is 3. The van der Waals surface area contributed by atoms with Crippen molar-refractivity contribution in [2.45, 2.75) is 12.6 Å². The molecular formula is C10H9F3. The van der Waals surface area contributed by atoms with E-state index < -0.39 is 11.7 Å². The zero-order valence-corrected chi connectivity index (χ0v) is 6.93. The van der Waals surface area contributed by atoms with Crippen LogP contribution in [0.15, 0.2) is 42.5 Å². The Hall–Kier alpha value is -1.25. The van der Waals surface area contributed by atoms with Gasteiger partial charge < -0.3 is 0 Å². The maximum absolute atomic E-state index is 12.0. The first-order valence-corrected chi connectivity index (χ1v) is 3.79. The molecule has 0 amide bonds. The summed E-state index contributed by atoms with van der Waals surface area (Å²) >= 11 is 0. The van der Waals surface area contributed by atoms with Gasteiger partial charge in [0.25, 0.3) is 0 Å². The van der Waals surface area contributed by atoms with Crippen molar-refractivity contribution in [2.75, 3.05) is 0 Å². The first-order valence-electron chi connectivity index (χ1n) is 3.79. The lowest BCUT2D eigenvalue weighted by atomic mass is 10.1. The zero-order valence-electron chi connectivity index (χ0n) is 6.93. The van der Waals surface area contributed by atoms with Crippen LogP contribution >= 0.6 is 0 Å². The van der Waals surface area contributed by atoms with Crippen LogP contribution in [-0.4, -0.2) is 6.18 Å². The Morgan fingerprint density at radius 1 is 1.15 bits per heavy atom. The Labute approximate surface area is 74.7 Å². The molecular weight excluding hydrogens is 177 g/mol. The van der Waals surface area contributed by atoms with E-state index in [1.54, 1.807) is 30.3 Å². The minimum atomic E-state index is -4.28. The van der Waals surface area contributed by atoms with Gasteiger partial charge >= 0.3 is 6.18 Å². The summed E-state index contributed by atoms with van der Waals surface area (Å²) < 4.78 is 36.1. The summed E-state index contributed by atoms with van der Waals surface area (Å²) in [6.45, 7) is 3.00. The van der Waals surface area contributed by atoms with Crippen molar-refractivity contribution in [1.82, 2.24) is 0 Å². The Kier molecular flexibility index (Phi) is 2.76. The fourth-order valence-electron chi connectivity index (χ4n) is 0.942. The Morgan fingerprint density at radius 2 is 1.69 bits per heavy atom. The molecule has 0 heterocycles. The molecule has 1 rings (SSSR count). The molecule has 0 nitrogen and oxygen atoms in total. The van der Waals surface area contributed by atoms with E-state index in [-0.39, 0.29) is 6.42 Å². The SMILES string of the molecule is C=C(Cc1ccccc1)C(F)(F)F. The molecule has 3 heteroatoms. The van der Waals surface area contributed by atoms with Gasteiger partial charge in [-0.25, -0.2) is 0 Å². The average molecular weight is 186 g/mol. The lowest BCUT2D eigenvalue weighted by Crippen LogP contribution is -2.12. The summed E-state index contributed by atoms with van der Waals surface area (Å²) in [6, 6.07) is 8.48. The van der Waals surface area contributed by atoms with Crippen LogP contribution in [0.3, 0.4) is 0 Å². The van der Waals surface area contributed by atoms with Gasteiger partial charge in [-0.2, -0.15) is 13.2 Å². The van der Waals surface area contributed by atoms with Crippen LogP contribution in [0.25, 0.3) is 0 Å². The van der Waals surface area contributed by atoms with Gasteiger partial charge in [0.2, 0.25) is 0 Å². The van der Waals surface area contributed by atoms with Gasteiger partial charge in [0, 0.05) is 12.0 Å². The highest BCUT2D eigenvalue weighted by molar-refractivity contribution is 5.22. The summed E-state index contributed by atoms with van der Waals surface area (Å²) in [5.41, 5.74) is -0.0801. The first-order chi connectivity index (χ1) is 6.00. The van der Waals surface area contributed by atoms with Crippen LogP contribution in [-0.2, 0) is 6.42 Å². The molecule has 0 radical (unpaired) electrons. The second-order valence-electron chi connectivity index (χ2n) is 2.76. The Morgan fingerprint density at radius 3 is 2.15 bits per heavy atom. The predicted octanol–water partition coefficient (Wildman–Crippen LogP) is 3.35. The van der Waals surface area contributed by atoms with E-state index in [9.17, 15) is 13.2 Å². The van der Waals surface area contributed by atoms with Gasteiger partial charge in [-0.15, -0.1) is 0 Å². The molecule has 1 aromatic rings. The quantitative estimate of drug-likeness (QED) is 0.621. The van der Waals surface area contributed by atoms with Gasteiger partial charge in [0.05, 0.1) is 0 Å². The molecule has 1 aromatic carbocycles. The minimum absolute atomic E-state index is 0.135. The van der Waals surface area contributed by atoms with Crippen molar-refractivity contribution in [2.24, 2.45) is 0 Å². The van der Waals surface area contributed by atoms with Crippen LogP contribution < -0.4 is 0 Å². The topological polar surface area (TPSA) is 0 Å². The average Bonchev–Trinajstić information content (AvgIpc) is 2.04. The number of halogens is 3. The number of rotatable bonds is 2. The predicted molar refractivity (Wildman–Crippen MR) is 45.3 cm³/mol. The summed E-state index contributed by atoms with van der Waals surface area (Å²) in [7, 11) is 0. The summed E-state index contributed by atoms with van der Waals surface area (Å²) in [6.07, 6.45) is -4.42. The van der Waals surface area contributed by atoms with Crippen molar-refractivity contribution in [1.29, 1.82) is 0 Å². The molecule has 0 unspecified atom stereocenters. The highest BCUT2D eigenvalue weighted by Gasteiger charge is 2.31. The van der Waals surface area contributed by atoms with Crippen LogP contribution in [0, 0.1) is 0 Å². The molecule has 70 valence electrons. The molecule has 0 saturated carbocycles. The van der Waals surface area contributed by atoms with Crippen LogP contribution in [0.4, 0.5) is 13.2 Å². The minimum Gasteiger partial charge on any atom is -0.166 e. The summed E-state index contributed by atoms with van der Waals surface area (Å²) in [4.78, 5) is 0. The van der Waals surface area contributed by atoms with E-state index in [4.69, 9.17) is 0 Å². The monoisotopic (exact) mass is 186 g/mol. The van der Waals surface area contributed by atoms with Crippen molar-refractivity contribution < 1.29 is 13.2 Å². The third-order valence-corrected chi connectivity index (χ3v) is 1.66. The molecule has 0 aliphatic heterocycles. The summed E-state index contributed by atoms with van der Waals surface area (Å²) in [5, 5.41) is 0. The van der Waals surface area contributed by atoms with Gasteiger partial charge in [0.1, 0.15) is 0 Å². The smallest absolute Gasteiger partial charge is 0.166 e. The normalized spacial score (nSPS) is 11.3. The van der Waals surface area contributed by atoms with E-state index in [1.807, 2.05) is 0 Å². The zero-order chi connectivity index (χ0) is 9.90. The molecule has 0 bridgehead atoms. The fraction of sp³-hybridized carbons (Fsp3) is 0.200. The molecule has 0 aliphatic rings. The Bertz CT molecular complexity index is 285. The second-order valence-corrected chi connectivity index (χ2v) is 2.76. The van der Waals surface area contributed by atoms with Crippen LogP contribution in [0.2, 0.25) is 0 Å². The van der Waals surface area contributed by atoms with E-state index >= 15 is 0 Å². The lowest BCUT2D eigenvalue weighted by molar-refractivity contribution is -0.0927. The lowest BCUT2D eigenvalue weighted by Gasteiger charge is -2.09. The van der Waals surface area contributed by atoms with E-state index in [2.05, 4.69) is 6.58 Å². The molecule has 13 heavy (non-hydrogen) atoms. The number of hydrogen-bond donors (Lipinski definition) is 0.